The number of benzene rings is 2. The fraction of sp³-hybridized carbons (Fsp3) is 0.250. The molecule has 0 saturated carbocycles. The highest BCUT2D eigenvalue weighted by atomic mass is 79.9. The van der Waals surface area contributed by atoms with Crippen molar-refractivity contribution in [2.24, 2.45) is 0 Å². The van der Waals surface area contributed by atoms with E-state index in [2.05, 4.69) is 15.9 Å². The van der Waals surface area contributed by atoms with Crippen molar-refractivity contribution in [2.45, 2.75) is 12.5 Å². The average molecular weight is 353 g/mol. The molecule has 3 nitrogen and oxygen atoms in total. The molecule has 0 fully saturated rings. The largest absolute Gasteiger partial charge is 0.496 e. The highest BCUT2D eigenvalue weighted by Gasteiger charge is 2.27. The first kappa shape index (κ1) is 14.4. The highest BCUT2D eigenvalue weighted by Crippen LogP contribution is 2.41. The third-order valence-corrected chi connectivity index (χ3v) is 4.04. The number of methoxy groups -OCH3 is 1. The van der Waals surface area contributed by atoms with Gasteiger partial charge in [0.1, 0.15) is 23.4 Å². The van der Waals surface area contributed by atoms with E-state index in [-0.39, 0.29) is 5.56 Å². The molecular weight excluding hydrogens is 339 g/mol. The summed E-state index contributed by atoms with van der Waals surface area (Å²) in [5.41, 5.74) is 1.67. The fourth-order valence-corrected chi connectivity index (χ4v) is 3.14. The molecule has 110 valence electrons. The third-order valence-electron chi connectivity index (χ3n) is 3.58. The van der Waals surface area contributed by atoms with Gasteiger partial charge in [-0.2, -0.15) is 0 Å². The van der Waals surface area contributed by atoms with Crippen LogP contribution in [0.15, 0.2) is 34.8 Å². The molecule has 3 rings (SSSR count). The number of hydrogen-bond donors (Lipinski definition) is 1. The number of fused-ring (bicyclic) bond motifs is 1. The third kappa shape index (κ3) is 2.51. The van der Waals surface area contributed by atoms with Crippen LogP contribution in [-0.4, -0.2) is 18.8 Å². The van der Waals surface area contributed by atoms with Gasteiger partial charge in [0.25, 0.3) is 0 Å². The molecular formula is C16H14BrFO3. The second-order valence-corrected chi connectivity index (χ2v) is 5.76. The first-order valence-electron chi connectivity index (χ1n) is 6.57. The van der Waals surface area contributed by atoms with Crippen molar-refractivity contribution in [3.05, 3.63) is 57.3 Å². The van der Waals surface area contributed by atoms with Gasteiger partial charge in [0.05, 0.1) is 19.3 Å². The van der Waals surface area contributed by atoms with Crippen LogP contribution in [0, 0.1) is 5.82 Å². The standard InChI is InChI=1S/C16H14BrFO3/c1-20-13-4-2-3-12(18)14(13)15(19)11-8-10(17)7-9-5-6-21-16(9)11/h2-4,7-8,15,19H,5-6H2,1H3. The van der Waals surface area contributed by atoms with Crippen molar-refractivity contribution >= 4 is 15.9 Å². The molecule has 1 aliphatic rings. The van der Waals surface area contributed by atoms with E-state index >= 15 is 0 Å². The molecule has 1 heterocycles. The van der Waals surface area contributed by atoms with Crippen molar-refractivity contribution < 1.29 is 19.0 Å². The van der Waals surface area contributed by atoms with Gasteiger partial charge < -0.3 is 14.6 Å². The summed E-state index contributed by atoms with van der Waals surface area (Å²) in [5.74, 6) is 0.443. The zero-order valence-electron chi connectivity index (χ0n) is 11.4. The van der Waals surface area contributed by atoms with Crippen LogP contribution in [0.2, 0.25) is 0 Å². The Balaban J connectivity index is 2.14. The number of aliphatic hydroxyl groups is 1. The highest BCUT2D eigenvalue weighted by molar-refractivity contribution is 9.10. The Morgan fingerprint density at radius 1 is 1.38 bits per heavy atom. The molecule has 1 atom stereocenters. The fourth-order valence-electron chi connectivity index (χ4n) is 2.62. The summed E-state index contributed by atoms with van der Waals surface area (Å²) in [6, 6.07) is 8.19. The zero-order chi connectivity index (χ0) is 15.0. The summed E-state index contributed by atoms with van der Waals surface area (Å²) in [4.78, 5) is 0. The van der Waals surface area contributed by atoms with Crippen LogP contribution in [0.4, 0.5) is 4.39 Å². The van der Waals surface area contributed by atoms with Crippen LogP contribution in [0.5, 0.6) is 11.5 Å². The van der Waals surface area contributed by atoms with Crippen molar-refractivity contribution in [3.8, 4) is 11.5 Å². The maximum Gasteiger partial charge on any atom is 0.133 e. The molecule has 1 N–H and O–H groups in total. The molecule has 0 aromatic heterocycles. The van der Waals surface area contributed by atoms with E-state index in [4.69, 9.17) is 9.47 Å². The number of rotatable bonds is 3. The van der Waals surface area contributed by atoms with Gasteiger partial charge in [0.15, 0.2) is 0 Å². The first-order chi connectivity index (χ1) is 10.1. The van der Waals surface area contributed by atoms with Gasteiger partial charge in [-0.05, 0) is 29.8 Å². The summed E-state index contributed by atoms with van der Waals surface area (Å²) < 4.78 is 25.7. The van der Waals surface area contributed by atoms with Gasteiger partial charge in [-0.15, -0.1) is 0 Å². The van der Waals surface area contributed by atoms with Crippen molar-refractivity contribution in [2.75, 3.05) is 13.7 Å². The van der Waals surface area contributed by atoms with Gasteiger partial charge in [0.2, 0.25) is 0 Å². The number of halogens is 2. The SMILES string of the molecule is COc1cccc(F)c1C(O)c1cc(Br)cc2c1OCC2. The Morgan fingerprint density at radius 3 is 2.95 bits per heavy atom. The van der Waals surface area contributed by atoms with Crippen LogP contribution in [0.1, 0.15) is 22.8 Å². The predicted molar refractivity (Wildman–Crippen MR) is 80.4 cm³/mol. The number of hydrogen-bond acceptors (Lipinski definition) is 3. The van der Waals surface area contributed by atoms with E-state index in [0.29, 0.717) is 23.7 Å². The summed E-state index contributed by atoms with van der Waals surface area (Å²) in [6.07, 6.45) is -0.367. The first-order valence-corrected chi connectivity index (χ1v) is 7.36. The number of aliphatic hydroxyl groups excluding tert-OH is 1. The van der Waals surface area contributed by atoms with E-state index in [1.54, 1.807) is 18.2 Å². The Bertz CT molecular complexity index is 687. The second kappa shape index (κ2) is 5.66. The molecule has 0 saturated heterocycles. The zero-order valence-corrected chi connectivity index (χ0v) is 13.0. The van der Waals surface area contributed by atoms with E-state index in [1.807, 2.05) is 6.07 Å². The monoisotopic (exact) mass is 352 g/mol. The van der Waals surface area contributed by atoms with Gasteiger partial charge >= 0.3 is 0 Å². The molecule has 0 amide bonds. The van der Waals surface area contributed by atoms with Gasteiger partial charge in [-0.1, -0.05) is 22.0 Å². The van der Waals surface area contributed by atoms with E-state index in [0.717, 1.165) is 16.5 Å². The van der Waals surface area contributed by atoms with Crippen molar-refractivity contribution in [1.82, 2.24) is 0 Å². The lowest BCUT2D eigenvalue weighted by atomic mass is 9.97. The van der Waals surface area contributed by atoms with Crippen LogP contribution in [0.3, 0.4) is 0 Å². The Morgan fingerprint density at radius 2 is 2.19 bits per heavy atom. The average Bonchev–Trinajstić information content (AvgIpc) is 2.93. The molecule has 5 heteroatoms. The Hall–Kier alpha value is -1.59. The predicted octanol–water partition coefficient (Wildman–Crippen LogP) is 3.61. The van der Waals surface area contributed by atoms with Crippen LogP contribution in [0.25, 0.3) is 0 Å². The normalized spacial score (nSPS) is 14.5. The summed E-state index contributed by atoms with van der Waals surface area (Å²) in [7, 11) is 1.45. The van der Waals surface area contributed by atoms with Crippen LogP contribution < -0.4 is 9.47 Å². The maximum atomic E-state index is 14.1. The lowest BCUT2D eigenvalue weighted by Gasteiger charge is -2.18. The Labute approximate surface area is 130 Å². The molecule has 0 spiro atoms. The van der Waals surface area contributed by atoms with Crippen LogP contribution in [-0.2, 0) is 6.42 Å². The second-order valence-electron chi connectivity index (χ2n) is 4.84. The smallest absolute Gasteiger partial charge is 0.133 e. The van der Waals surface area contributed by atoms with Gasteiger partial charge in [0, 0.05) is 16.5 Å². The summed E-state index contributed by atoms with van der Waals surface area (Å²) >= 11 is 3.42. The molecule has 1 aliphatic heterocycles. The summed E-state index contributed by atoms with van der Waals surface area (Å²) in [5, 5.41) is 10.7. The van der Waals surface area contributed by atoms with E-state index in [1.165, 1.54) is 13.2 Å². The molecule has 2 aromatic carbocycles. The molecule has 0 aliphatic carbocycles. The topological polar surface area (TPSA) is 38.7 Å². The lowest BCUT2D eigenvalue weighted by Crippen LogP contribution is -2.07. The molecule has 0 radical (unpaired) electrons. The maximum absolute atomic E-state index is 14.1. The molecule has 1 unspecified atom stereocenters. The van der Waals surface area contributed by atoms with Crippen molar-refractivity contribution in [3.63, 3.8) is 0 Å². The Kier molecular flexibility index (Phi) is 3.87. The molecule has 2 aromatic rings. The minimum Gasteiger partial charge on any atom is -0.496 e. The van der Waals surface area contributed by atoms with Gasteiger partial charge in [-0.25, -0.2) is 4.39 Å². The van der Waals surface area contributed by atoms with Crippen LogP contribution >= 0.6 is 15.9 Å². The van der Waals surface area contributed by atoms with Gasteiger partial charge in [-0.3, -0.25) is 0 Å². The minimum absolute atomic E-state index is 0.121. The van der Waals surface area contributed by atoms with E-state index in [9.17, 15) is 9.50 Å². The summed E-state index contributed by atoms with van der Waals surface area (Å²) in [6.45, 7) is 0.569. The van der Waals surface area contributed by atoms with E-state index < -0.39 is 11.9 Å². The number of ether oxygens (including phenoxy) is 2. The quantitative estimate of drug-likeness (QED) is 0.916. The lowest BCUT2D eigenvalue weighted by molar-refractivity contribution is 0.203. The minimum atomic E-state index is -1.15. The van der Waals surface area contributed by atoms with Crippen molar-refractivity contribution in [1.29, 1.82) is 0 Å². The molecule has 0 bridgehead atoms. The molecule has 21 heavy (non-hydrogen) atoms.